The molecule has 0 bridgehead atoms. The van der Waals surface area contributed by atoms with E-state index in [2.05, 4.69) is 79.3 Å². The van der Waals surface area contributed by atoms with Crippen LogP contribution in [0.2, 0.25) is 0 Å². The fraction of sp³-hybridized carbons (Fsp3) is 0.333. The van der Waals surface area contributed by atoms with Crippen molar-refractivity contribution in [1.82, 2.24) is 15.2 Å². The molecule has 4 aromatic rings. The number of rotatable bonds is 3. The third kappa shape index (κ3) is 3.34. The molecule has 2 aromatic carbocycles. The molecule has 148 valence electrons. The molecule has 0 saturated heterocycles. The minimum atomic E-state index is -0.617. The van der Waals surface area contributed by atoms with Gasteiger partial charge in [0.15, 0.2) is 0 Å². The van der Waals surface area contributed by atoms with E-state index in [0.29, 0.717) is 0 Å². The summed E-state index contributed by atoms with van der Waals surface area (Å²) in [7, 11) is 0. The number of nitrogens with one attached hydrogen (secondary N) is 1. The second-order valence-corrected chi connectivity index (χ2v) is 12.0. The standard InChI is InChI=1S/C24H26AsN3O/c1-23(2)9-10-24(3,4)19-12-15(5-7-18(19)23)21-14-26-22(29-21)25-17-6-8-20-16(11-17)13-27-28-20/h5-8,11-14,25H,9-10H2,1-4H3,(H,27,28). The Balaban J connectivity index is 1.46. The summed E-state index contributed by atoms with van der Waals surface area (Å²) in [6, 6.07) is 13.2. The van der Waals surface area contributed by atoms with Crippen molar-refractivity contribution in [3.05, 3.63) is 59.9 Å². The fourth-order valence-electron chi connectivity index (χ4n) is 4.35. The van der Waals surface area contributed by atoms with Crippen molar-refractivity contribution in [3.8, 4) is 11.3 Å². The van der Waals surface area contributed by atoms with E-state index < -0.39 is 15.8 Å². The molecule has 0 spiro atoms. The summed E-state index contributed by atoms with van der Waals surface area (Å²) in [6.45, 7) is 9.42. The minimum absolute atomic E-state index is 0.192. The van der Waals surface area contributed by atoms with Crippen LogP contribution in [0.4, 0.5) is 0 Å². The van der Waals surface area contributed by atoms with E-state index >= 15 is 0 Å². The van der Waals surface area contributed by atoms with Crippen LogP contribution >= 0.6 is 0 Å². The zero-order chi connectivity index (χ0) is 20.2. The molecule has 2 heterocycles. The van der Waals surface area contributed by atoms with Crippen LogP contribution in [-0.2, 0) is 10.8 Å². The first kappa shape index (κ1) is 18.7. The number of nitrogens with zero attached hydrogens (tertiary/aromatic N) is 2. The Labute approximate surface area is 177 Å². The topological polar surface area (TPSA) is 54.7 Å². The van der Waals surface area contributed by atoms with Crippen molar-refractivity contribution >= 4 is 35.7 Å². The van der Waals surface area contributed by atoms with E-state index in [1.54, 1.807) is 0 Å². The summed E-state index contributed by atoms with van der Waals surface area (Å²) < 4.78 is 8.35. The monoisotopic (exact) mass is 447 g/mol. The summed E-state index contributed by atoms with van der Waals surface area (Å²) in [4.78, 5) is 4.60. The predicted molar refractivity (Wildman–Crippen MR) is 120 cm³/mol. The number of hydrogen-bond donors (Lipinski definition) is 1. The van der Waals surface area contributed by atoms with Gasteiger partial charge in [-0.1, -0.05) is 0 Å². The fourth-order valence-corrected chi connectivity index (χ4v) is 6.31. The maximum atomic E-state index is 6.20. The molecule has 29 heavy (non-hydrogen) atoms. The molecule has 5 heteroatoms. The third-order valence-corrected chi connectivity index (χ3v) is 8.53. The summed E-state index contributed by atoms with van der Waals surface area (Å²) in [5.74, 6) is 0.870. The number of aromatic amines is 1. The Morgan fingerprint density at radius 1 is 0.931 bits per heavy atom. The van der Waals surface area contributed by atoms with Crippen molar-refractivity contribution in [1.29, 1.82) is 0 Å². The van der Waals surface area contributed by atoms with Crippen molar-refractivity contribution in [3.63, 3.8) is 0 Å². The summed E-state index contributed by atoms with van der Waals surface area (Å²) in [6.07, 6.45) is 6.19. The molecule has 0 aliphatic heterocycles. The zero-order valence-electron chi connectivity index (χ0n) is 17.3. The number of H-pyrrole nitrogens is 1. The summed E-state index contributed by atoms with van der Waals surface area (Å²) in [5, 5.41) is 8.23. The van der Waals surface area contributed by atoms with Crippen LogP contribution in [0.15, 0.2) is 53.2 Å². The second kappa shape index (κ2) is 6.60. The first-order chi connectivity index (χ1) is 13.8. The van der Waals surface area contributed by atoms with E-state index in [0.717, 1.165) is 26.9 Å². The Hall–Kier alpha value is -2.32. The average molecular weight is 447 g/mol. The van der Waals surface area contributed by atoms with Crippen molar-refractivity contribution in [2.24, 2.45) is 0 Å². The van der Waals surface area contributed by atoms with Gasteiger partial charge in [0.25, 0.3) is 0 Å². The van der Waals surface area contributed by atoms with E-state index in [-0.39, 0.29) is 10.8 Å². The Morgan fingerprint density at radius 2 is 1.72 bits per heavy atom. The van der Waals surface area contributed by atoms with Crippen molar-refractivity contribution in [2.75, 3.05) is 0 Å². The molecule has 4 nitrogen and oxygen atoms in total. The third-order valence-electron chi connectivity index (χ3n) is 6.33. The Morgan fingerprint density at radius 3 is 2.55 bits per heavy atom. The van der Waals surface area contributed by atoms with Gasteiger partial charge >= 0.3 is 178 Å². The second-order valence-electron chi connectivity index (χ2n) is 9.35. The van der Waals surface area contributed by atoms with Gasteiger partial charge in [-0.2, -0.15) is 0 Å². The van der Waals surface area contributed by atoms with Gasteiger partial charge in [0.05, 0.1) is 0 Å². The van der Waals surface area contributed by atoms with Gasteiger partial charge in [-0.25, -0.2) is 0 Å². The first-order valence-corrected chi connectivity index (χ1v) is 12.2. The van der Waals surface area contributed by atoms with Crippen LogP contribution < -0.4 is 9.03 Å². The number of aromatic nitrogens is 3. The molecular weight excluding hydrogens is 421 g/mol. The van der Waals surface area contributed by atoms with Crippen LogP contribution in [0.25, 0.3) is 22.2 Å². The molecule has 1 unspecified atom stereocenters. The number of oxazole rings is 1. The average Bonchev–Trinajstić information content (AvgIpc) is 3.34. The molecular formula is C24H26AsN3O. The van der Waals surface area contributed by atoms with Crippen molar-refractivity contribution < 1.29 is 4.42 Å². The van der Waals surface area contributed by atoms with Crippen LogP contribution in [0.3, 0.4) is 0 Å². The predicted octanol–water partition coefficient (Wildman–Crippen LogP) is 3.95. The van der Waals surface area contributed by atoms with Gasteiger partial charge in [0.1, 0.15) is 0 Å². The summed E-state index contributed by atoms with van der Waals surface area (Å²) in [5.41, 5.74) is 5.54. The van der Waals surface area contributed by atoms with E-state index in [1.807, 2.05) is 12.4 Å². The SMILES string of the molecule is CC1(C)CCC(C)(C)c2cc(-c3cnc([AsH]c4ccc5[nH]ncc5c4)o3)ccc21. The van der Waals surface area contributed by atoms with Crippen molar-refractivity contribution in [2.45, 2.75) is 51.4 Å². The van der Waals surface area contributed by atoms with Gasteiger partial charge in [0, 0.05) is 0 Å². The summed E-state index contributed by atoms with van der Waals surface area (Å²) >= 11 is -0.617. The normalized spacial score (nSPS) is 17.8. The van der Waals surface area contributed by atoms with Gasteiger partial charge in [-0.3, -0.25) is 0 Å². The molecule has 2 aromatic heterocycles. The van der Waals surface area contributed by atoms with Gasteiger partial charge in [-0.15, -0.1) is 0 Å². The number of hydrogen-bond acceptors (Lipinski definition) is 3. The van der Waals surface area contributed by atoms with Gasteiger partial charge in [-0.05, 0) is 0 Å². The zero-order valence-corrected chi connectivity index (χ0v) is 19.4. The van der Waals surface area contributed by atoms with E-state index in [9.17, 15) is 0 Å². The molecule has 0 amide bonds. The molecule has 0 saturated carbocycles. The molecule has 1 atom stereocenters. The van der Waals surface area contributed by atoms with Crippen LogP contribution in [-0.4, -0.2) is 30.9 Å². The van der Waals surface area contributed by atoms with Crippen LogP contribution in [0.5, 0.6) is 0 Å². The number of benzene rings is 2. The van der Waals surface area contributed by atoms with E-state index in [1.165, 1.54) is 28.3 Å². The molecule has 0 fully saturated rings. The maximum absolute atomic E-state index is 6.20. The van der Waals surface area contributed by atoms with Crippen LogP contribution in [0, 0.1) is 0 Å². The van der Waals surface area contributed by atoms with Crippen LogP contribution in [0.1, 0.15) is 51.7 Å². The quantitative estimate of drug-likeness (QED) is 0.484. The Kier molecular flexibility index (Phi) is 4.25. The first-order valence-electron chi connectivity index (χ1n) is 10.1. The Bertz CT molecular complexity index is 1200. The molecule has 5 rings (SSSR count). The molecule has 0 radical (unpaired) electrons. The van der Waals surface area contributed by atoms with E-state index in [4.69, 9.17) is 4.42 Å². The van der Waals surface area contributed by atoms with Gasteiger partial charge < -0.3 is 0 Å². The van der Waals surface area contributed by atoms with Gasteiger partial charge in [0.2, 0.25) is 0 Å². The number of fused-ring (bicyclic) bond motifs is 2. The molecule has 1 N–H and O–H groups in total. The molecule has 1 aliphatic rings. The molecule has 1 aliphatic carbocycles.